The van der Waals surface area contributed by atoms with Crippen LogP contribution in [0.15, 0.2) is 18.2 Å². The summed E-state index contributed by atoms with van der Waals surface area (Å²) in [6.07, 6.45) is -4.40. The van der Waals surface area contributed by atoms with Gasteiger partial charge in [-0.05, 0) is 13.0 Å². The summed E-state index contributed by atoms with van der Waals surface area (Å²) in [6, 6.07) is 3.46. The van der Waals surface area contributed by atoms with Crippen LogP contribution in [-0.4, -0.2) is 0 Å². The normalized spacial score (nSPS) is 11.0. The second kappa shape index (κ2) is 3.05. The van der Waals surface area contributed by atoms with Crippen molar-refractivity contribution in [2.45, 2.75) is 13.1 Å². The average molecular weight is 187 g/mol. The lowest BCUT2D eigenvalue weighted by Gasteiger charge is -2.06. The fraction of sp³-hybridized carbons (Fsp3) is 0.250. The number of diazo groups is 1. The fourth-order valence-corrected chi connectivity index (χ4v) is 1.04. The van der Waals surface area contributed by atoms with Crippen molar-refractivity contribution in [1.82, 2.24) is 0 Å². The molecule has 0 heterocycles. The first-order valence-corrected chi connectivity index (χ1v) is 3.48. The van der Waals surface area contributed by atoms with Crippen molar-refractivity contribution in [3.05, 3.63) is 34.3 Å². The van der Waals surface area contributed by atoms with Crippen molar-refractivity contribution in [3.63, 3.8) is 0 Å². The van der Waals surface area contributed by atoms with Crippen molar-refractivity contribution in [3.8, 4) is 0 Å². The lowest BCUT2D eigenvalue weighted by atomic mass is 10.1. The molecule has 1 rings (SSSR count). The van der Waals surface area contributed by atoms with Gasteiger partial charge in [0.1, 0.15) is 0 Å². The van der Waals surface area contributed by atoms with Gasteiger partial charge >= 0.3 is 11.9 Å². The summed E-state index contributed by atoms with van der Waals surface area (Å²) in [5.74, 6) is 0. The molecule has 2 nitrogen and oxygen atoms in total. The molecule has 0 saturated heterocycles. The van der Waals surface area contributed by atoms with Gasteiger partial charge in [0.05, 0.1) is 11.1 Å². The van der Waals surface area contributed by atoms with Crippen molar-refractivity contribution >= 4 is 5.69 Å². The number of nitrogens with zero attached hydrogens (tertiary/aromatic N) is 2. The van der Waals surface area contributed by atoms with E-state index in [0.717, 1.165) is 6.07 Å². The monoisotopic (exact) mass is 187 g/mol. The van der Waals surface area contributed by atoms with Gasteiger partial charge in [-0.3, -0.25) is 0 Å². The van der Waals surface area contributed by atoms with E-state index in [0.29, 0.717) is 0 Å². The van der Waals surface area contributed by atoms with Gasteiger partial charge in [-0.2, -0.15) is 13.2 Å². The number of benzene rings is 1. The number of alkyl halides is 3. The molecule has 0 aromatic heterocycles. The van der Waals surface area contributed by atoms with Gasteiger partial charge < -0.3 is 0 Å². The standard InChI is InChI=1S/C8H6F3N2/c1-5-6(8(9,10)11)3-2-4-7(5)13-12/h2-4H,1H3/q+1. The second-order valence-corrected chi connectivity index (χ2v) is 2.55. The van der Waals surface area contributed by atoms with Crippen LogP contribution in [0.5, 0.6) is 0 Å². The van der Waals surface area contributed by atoms with E-state index in [1.807, 2.05) is 0 Å². The van der Waals surface area contributed by atoms with Gasteiger partial charge in [0, 0.05) is 6.07 Å². The highest BCUT2D eigenvalue weighted by atomic mass is 19.4. The first kappa shape index (κ1) is 9.52. The molecule has 0 fully saturated rings. The van der Waals surface area contributed by atoms with Gasteiger partial charge in [0.25, 0.3) is 0 Å². The molecule has 0 radical (unpaired) electrons. The Balaban J connectivity index is 3.34. The molecule has 68 valence electrons. The molecular weight excluding hydrogens is 181 g/mol. The minimum absolute atomic E-state index is 0.0603. The summed E-state index contributed by atoms with van der Waals surface area (Å²) in [6.45, 7) is 1.26. The van der Waals surface area contributed by atoms with Crippen LogP contribution in [0.1, 0.15) is 11.1 Å². The molecule has 0 amide bonds. The first-order valence-electron chi connectivity index (χ1n) is 3.48. The molecule has 1 aromatic carbocycles. The Kier molecular flexibility index (Phi) is 2.24. The fourth-order valence-electron chi connectivity index (χ4n) is 1.04. The maximum absolute atomic E-state index is 12.2. The summed E-state index contributed by atoms with van der Waals surface area (Å²) in [7, 11) is 0. The summed E-state index contributed by atoms with van der Waals surface area (Å²) < 4.78 is 36.7. The molecule has 0 bridgehead atoms. The van der Waals surface area contributed by atoms with Gasteiger partial charge in [-0.15, -0.1) is 0 Å². The van der Waals surface area contributed by atoms with E-state index in [4.69, 9.17) is 5.39 Å². The molecule has 0 saturated carbocycles. The topological polar surface area (TPSA) is 28.1 Å². The SMILES string of the molecule is Cc1c([N+]#N)cccc1C(F)(F)F. The molecule has 0 N–H and O–H groups in total. The molecule has 0 aliphatic rings. The van der Waals surface area contributed by atoms with Gasteiger partial charge in [0.2, 0.25) is 5.39 Å². The summed E-state index contributed by atoms with van der Waals surface area (Å²) in [4.78, 5) is 2.74. The summed E-state index contributed by atoms with van der Waals surface area (Å²) in [5.41, 5.74) is -0.907. The Morgan fingerprint density at radius 3 is 2.38 bits per heavy atom. The van der Waals surface area contributed by atoms with Crippen LogP contribution in [0.2, 0.25) is 0 Å². The number of halogens is 3. The highest BCUT2D eigenvalue weighted by molar-refractivity contribution is 5.54. The zero-order chi connectivity index (χ0) is 10.1. The van der Waals surface area contributed by atoms with Crippen LogP contribution in [0, 0.1) is 12.3 Å². The van der Waals surface area contributed by atoms with E-state index < -0.39 is 11.7 Å². The molecule has 1 aromatic rings. The van der Waals surface area contributed by atoms with Crippen molar-refractivity contribution in [1.29, 1.82) is 5.39 Å². The minimum atomic E-state index is -4.40. The predicted octanol–water partition coefficient (Wildman–Crippen LogP) is 3.50. The number of rotatable bonds is 0. The number of hydrogen-bond acceptors (Lipinski definition) is 1. The highest BCUT2D eigenvalue weighted by Gasteiger charge is 2.34. The quantitative estimate of drug-likeness (QED) is 0.571. The van der Waals surface area contributed by atoms with Crippen molar-refractivity contribution in [2.75, 3.05) is 0 Å². The van der Waals surface area contributed by atoms with E-state index in [9.17, 15) is 13.2 Å². The van der Waals surface area contributed by atoms with E-state index in [2.05, 4.69) is 4.98 Å². The lowest BCUT2D eigenvalue weighted by molar-refractivity contribution is -0.138. The molecular formula is C8H6F3N2+. The third kappa shape index (κ3) is 1.78. The van der Waals surface area contributed by atoms with E-state index >= 15 is 0 Å². The van der Waals surface area contributed by atoms with Crippen molar-refractivity contribution < 1.29 is 13.2 Å². The van der Waals surface area contributed by atoms with Crippen LogP contribution in [-0.2, 0) is 6.18 Å². The van der Waals surface area contributed by atoms with Gasteiger partial charge in [-0.25, -0.2) is 0 Å². The van der Waals surface area contributed by atoms with Crippen molar-refractivity contribution in [2.24, 2.45) is 0 Å². The molecule has 0 atom stereocenters. The maximum Gasteiger partial charge on any atom is 0.416 e. The Hall–Kier alpha value is -1.57. The maximum atomic E-state index is 12.2. The zero-order valence-corrected chi connectivity index (χ0v) is 6.76. The van der Waals surface area contributed by atoms with Crippen LogP contribution in [0.3, 0.4) is 0 Å². The third-order valence-corrected chi connectivity index (χ3v) is 1.72. The molecule has 0 unspecified atom stereocenters. The van der Waals surface area contributed by atoms with Crippen LogP contribution in [0.25, 0.3) is 4.98 Å². The Morgan fingerprint density at radius 2 is 1.92 bits per heavy atom. The Bertz CT molecular complexity index is 363. The number of hydrogen-bond donors (Lipinski definition) is 0. The highest BCUT2D eigenvalue weighted by Crippen LogP contribution is 2.35. The van der Waals surface area contributed by atoms with E-state index in [1.165, 1.54) is 19.1 Å². The van der Waals surface area contributed by atoms with Crippen LogP contribution >= 0.6 is 0 Å². The Labute approximate surface area is 72.6 Å². The lowest BCUT2D eigenvalue weighted by Crippen LogP contribution is -2.06. The summed E-state index contributed by atoms with van der Waals surface area (Å²) in [5, 5.41) is 8.37. The molecule has 0 aliphatic heterocycles. The average Bonchev–Trinajstić information content (AvgIpc) is 2.02. The van der Waals surface area contributed by atoms with E-state index in [-0.39, 0.29) is 11.3 Å². The third-order valence-electron chi connectivity index (χ3n) is 1.72. The van der Waals surface area contributed by atoms with Crippen LogP contribution < -0.4 is 0 Å². The Morgan fingerprint density at radius 1 is 1.31 bits per heavy atom. The molecule has 0 spiro atoms. The second-order valence-electron chi connectivity index (χ2n) is 2.55. The minimum Gasteiger partial charge on any atom is -0.166 e. The van der Waals surface area contributed by atoms with E-state index in [1.54, 1.807) is 0 Å². The van der Waals surface area contributed by atoms with Gasteiger partial charge in [-0.1, -0.05) is 6.07 Å². The first-order chi connectivity index (χ1) is 5.96. The molecule has 5 heteroatoms. The summed E-state index contributed by atoms with van der Waals surface area (Å²) >= 11 is 0. The molecule has 13 heavy (non-hydrogen) atoms. The molecule has 0 aliphatic carbocycles. The smallest absolute Gasteiger partial charge is 0.166 e. The van der Waals surface area contributed by atoms with Crippen LogP contribution in [0.4, 0.5) is 18.9 Å². The van der Waals surface area contributed by atoms with Gasteiger partial charge in [0.15, 0.2) is 4.98 Å². The largest absolute Gasteiger partial charge is 0.416 e. The predicted molar refractivity (Wildman–Crippen MR) is 40.9 cm³/mol. The zero-order valence-electron chi connectivity index (χ0n) is 6.76.